The van der Waals surface area contributed by atoms with Gasteiger partial charge in [-0.15, -0.1) is 10.2 Å². The maximum atomic E-state index is 11.1. The SMILES string of the molecule is CCCC(Sc1nnc(-c2ccc(CNCCCP(=O)(O)O)cc2)o1)c1cccc([N+](=O)[O-])c1. The highest BCUT2D eigenvalue weighted by molar-refractivity contribution is 7.99. The van der Waals surface area contributed by atoms with Crippen LogP contribution in [0.25, 0.3) is 11.5 Å². The molecule has 0 saturated carbocycles. The molecule has 0 aliphatic heterocycles. The molecule has 182 valence electrons. The van der Waals surface area contributed by atoms with Gasteiger partial charge in [-0.1, -0.05) is 49.4 Å². The van der Waals surface area contributed by atoms with Crippen molar-refractivity contribution in [3.8, 4) is 11.5 Å². The molecular weight excluding hydrogens is 479 g/mol. The smallest absolute Gasteiger partial charge is 0.325 e. The Hall–Kier alpha value is -2.56. The van der Waals surface area contributed by atoms with E-state index in [1.807, 2.05) is 30.3 Å². The van der Waals surface area contributed by atoms with Crippen molar-refractivity contribution < 1.29 is 23.7 Å². The number of aromatic nitrogens is 2. The molecule has 3 rings (SSSR count). The van der Waals surface area contributed by atoms with Crippen molar-refractivity contribution in [2.45, 2.75) is 43.2 Å². The van der Waals surface area contributed by atoms with Gasteiger partial charge in [-0.25, -0.2) is 0 Å². The summed E-state index contributed by atoms with van der Waals surface area (Å²) < 4.78 is 16.7. The first-order valence-corrected chi connectivity index (χ1v) is 13.5. The molecular formula is C22H27N4O6PS. The Balaban J connectivity index is 1.60. The van der Waals surface area contributed by atoms with Gasteiger partial charge >= 0.3 is 7.60 Å². The minimum absolute atomic E-state index is 0.0442. The highest BCUT2D eigenvalue weighted by Crippen LogP contribution is 2.39. The summed E-state index contributed by atoms with van der Waals surface area (Å²) in [4.78, 5) is 28.5. The van der Waals surface area contributed by atoms with Crippen LogP contribution in [-0.4, -0.2) is 37.6 Å². The molecule has 3 N–H and O–H groups in total. The largest absolute Gasteiger partial charge is 0.411 e. The van der Waals surface area contributed by atoms with Crippen molar-refractivity contribution >= 4 is 25.0 Å². The number of thioether (sulfide) groups is 1. The average Bonchev–Trinajstić information content (AvgIpc) is 3.27. The second-order valence-electron chi connectivity index (χ2n) is 7.74. The van der Waals surface area contributed by atoms with E-state index in [-0.39, 0.29) is 17.1 Å². The molecule has 2 aromatic carbocycles. The maximum absolute atomic E-state index is 11.1. The van der Waals surface area contributed by atoms with Crippen LogP contribution >= 0.6 is 19.4 Å². The third-order valence-electron chi connectivity index (χ3n) is 4.99. The topological polar surface area (TPSA) is 152 Å². The molecule has 0 saturated heterocycles. The molecule has 0 radical (unpaired) electrons. The van der Waals surface area contributed by atoms with Gasteiger partial charge in [0.1, 0.15) is 0 Å². The third-order valence-corrected chi connectivity index (χ3v) is 7.04. The summed E-state index contributed by atoms with van der Waals surface area (Å²) in [6.07, 6.45) is 1.98. The number of rotatable bonds is 13. The van der Waals surface area contributed by atoms with E-state index in [9.17, 15) is 14.7 Å². The normalized spacial score (nSPS) is 12.6. The van der Waals surface area contributed by atoms with E-state index >= 15 is 0 Å². The summed E-state index contributed by atoms with van der Waals surface area (Å²) in [5.41, 5.74) is 2.69. The van der Waals surface area contributed by atoms with Crippen LogP contribution in [0.1, 0.15) is 42.6 Å². The number of hydrogen-bond donors (Lipinski definition) is 3. The summed E-state index contributed by atoms with van der Waals surface area (Å²) in [6, 6.07) is 14.2. The summed E-state index contributed by atoms with van der Waals surface area (Å²) >= 11 is 1.39. The molecule has 0 bridgehead atoms. The molecule has 0 spiro atoms. The highest BCUT2D eigenvalue weighted by Gasteiger charge is 2.19. The Morgan fingerprint density at radius 3 is 2.65 bits per heavy atom. The van der Waals surface area contributed by atoms with E-state index in [1.54, 1.807) is 12.1 Å². The van der Waals surface area contributed by atoms with Crippen LogP contribution in [-0.2, 0) is 11.1 Å². The molecule has 34 heavy (non-hydrogen) atoms. The van der Waals surface area contributed by atoms with Gasteiger partial charge in [-0.05, 0) is 42.6 Å². The van der Waals surface area contributed by atoms with Gasteiger partial charge in [-0.2, -0.15) is 0 Å². The van der Waals surface area contributed by atoms with Gasteiger partial charge in [0.25, 0.3) is 10.9 Å². The number of nitrogens with one attached hydrogen (secondary N) is 1. The van der Waals surface area contributed by atoms with E-state index in [0.717, 1.165) is 29.5 Å². The average molecular weight is 507 g/mol. The minimum Gasteiger partial charge on any atom is -0.411 e. The maximum Gasteiger partial charge on any atom is 0.325 e. The van der Waals surface area contributed by atoms with Gasteiger partial charge in [0.15, 0.2) is 0 Å². The van der Waals surface area contributed by atoms with Gasteiger partial charge in [0, 0.05) is 29.5 Å². The number of nitrogens with zero attached hydrogens (tertiary/aromatic N) is 3. The van der Waals surface area contributed by atoms with Crippen molar-refractivity contribution in [1.82, 2.24) is 15.5 Å². The lowest BCUT2D eigenvalue weighted by Gasteiger charge is -2.13. The predicted molar refractivity (Wildman–Crippen MR) is 130 cm³/mol. The van der Waals surface area contributed by atoms with Crippen LogP contribution in [0.2, 0.25) is 0 Å². The Morgan fingerprint density at radius 2 is 1.97 bits per heavy atom. The van der Waals surface area contributed by atoms with E-state index < -0.39 is 12.5 Å². The molecule has 0 aliphatic rings. The lowest BCUT2D eigenvalue weighted by atomic mass is 10.1. The van der Waals surface area contributed by atoms with Crippen LogP contribution in [0.4, 0.5) is 5.69 Å². The van der Waals surface area contributed by atoms with Crippen molar-refractivity contribution in [3.05, 3.63) is 69.8 Å². The fourth-order valence-corrected chi connectivity index (χ4v) is 4.96. The first kappa shape index (κ1) is 26.1. The molecule has 12 heteroatoms. The van der Waals surface area contributed by atoms with Crippen molar-refractivity contribution in [2.24, 2.45) is 0 Å². The molecule has 1 aromatic heterocycles. The third kappa shape index (κ3) is 8.03. The number of non-ortho nitro benzene ring substituents is 1. The molecule has 10 nitrogen and oxygen atoms in total. The first-order chi connectivity index (χ1) is 16.2. The molecule has 0 fully saturated rings. The Kier molecular flexibility index (Phi) is 9.37. The van der Waals surface area contributed by atoms with Crippen molar-refractivity contribution in [3.63, 3.8) is 0 Å². The van der Waals surface area contributed by atoms with Crippen molar-refractivity contribution in [2.75, 3.05) is 12.7 Å². The molecule has 1 heterocycles. The lowest BCUT2D eigenvalue weighted by Crippen LogP contribution is -2.15. The predicted octanol–water partition coefficient (Wildman–Crippen LogP) is 4.94. The van der Waals surface area contributed by atoms with Crippen LogP contribution < -0.4 is 5.32 Å². The van der Waals surface area contributed by atoms with Crippen LogP contribution in [0.5, 0.6) is 0 Å². The molecule has 0 amide bonds. The Labute approximate surface area is 201 Å². The van der Waals surface area contributed by atoms with E-state index in [0.29, 0.717) is 30.6 Å². The monoisotopic (exact) mass is 506 g/mol. The molecule has 1 unspecified atom stereocenters. The Bertz CT molecular complexity index is 1130. The summed E-state index contributed by atoms with van der Waals surface area (Å²) in [7, 11) is -3.95. The molecule has 3 aromatic rings. The summed E-state index contributed by atoms with van der Waals surface area (Å²) in [5, 5.41) is 22.9. The Morgan fingerprint density at radius 1 is 1.21 bits per heavy atom. The van der Waals surface area contributed by atoms with Gasteiger partial charge in [0.05, 0.1) is 11.1 Å². The fourth-order valence-electron chi connectivity index (χ4n) is 3.30. The van der Waals surface area contributed by atoms with Crippen molar-refractivity contribution in [1.29, 1.82) is 0 Å². The van der Waals surface area contributed by atoms with E-state index in [4.69, 9.17) is 14.2 Å². The zero-order chi connectivity index (χ0) is 24.6. The minimum atomic E-state index is -3.95. The van der Waals surface area contributed by atoms with E-state index in [1.165, 1.54) is 17.8 Å². The number of nitro groups is 1. The second kappa shape index (κ2) is 12.2. The van der Waals surface area contributed by atoms with Crippen LogP contribution in [0.15, 0.2) is 58.2 Å². The van der Waals surface area contributed by atoms with Gasteiger partial charge in [-0.3, -0.25) is 14.7 Å². The van der Waals surface area contributed by atoms with Crippen LogP contribution in [0.3, 0.4) is 0 Å². The number of benzene rings is 2. The van der Waals surface area contributed by atoms with Crippen LogP contribution in [0, 0.1) is 10.1 Å². The number of nitro benzene ring substituents is 1. The first-order valence-electron chi connectivity index (χ1n) is 10.8. The summed E-state index contributed by atoms with van der Waals surface area (Å²) in [6.45, 7) is 3.15. The van der Waals surface area contributed by atoms with E-state index in [2.05, 4.69) is 22.4 Å². The number of hydrogen-bond acceptors (Lipinski definition) is 8. The van der Waals surface area contributed by atoms with Gasteiger partial charge < -0.3 is 19.5 Å². The zero-order valence-electron chi connectivity index (χ0n) is 18.7. The second-order valence-corrected chi connectivity index (χ2v) is 10.7. The highest BCUT2D eigenvalue weighted by atomic mass is 32.2. The molecule has 1 atom stereocenters. The fraction of sp³-hybridized carbons (Fsp3) is 0.364. The quantitative estimate of drug-likeness (QED) is 0.0956. The lowest BCUT2D eigenvalue weighted by molar-refractivity contribution is -0.384. The van der Waals surface area contributed by atoms with Gasteiger partial charge in [0.2, 0.25) is 5.89 Å². The standard InChI is InChI=1S/C22H27N4O6PS/c1-2-5-20(18-6-3-7-19(14-18)26(27)28)34-22-25-24-21(32-22)17-10-8-16(9-11-17)15-23-12-4-13-33(29,30)31/h3,6-11,14,20,23H,2,4-5,12-13,15H2,1H3,(H2,29,30,31). The summed E-state index contributed by atoms with van der Waals surface area (Å²) in [5.74, 6) is 0.387. The zero-order valence-corrected chi connectivity index (χ0v) is 20.4. The molecule has 0 aliphatic carbocycles.